The van der Waals surface area contributed by atoms with Crippen molar-refractivity contribution in [2.24, 2.45) is 0 Å². The minimum atomic E-state index is -3.60. The van der Waals surface area contributed by atoms with Crippen molar-refractivity contribution in [3.05, 3.63) is 65.5 Å². The first kappa shape index (κ1) is 14.7. The quantitative estimate of drug-likeness (QED) is 0.869. The van der Waals surface area contributed by atoms with Gasteiger partial charge in [-0.05, 0) is 36.8 Å². The molecule has 20 heavy (non-hydrogen) atoms. The van der Waals surface area contributed by atoms with E-state index >= 15 is 0 Å². The Bertz CT molecular complexity index is 679. The highest BCUT2D eigenvalue weighted by Crippen LogP contribution is 2.17. The highest BCUT2D eigenvalue weighted by atomic mass is 32.2. The fourth-order valence-electron chi connectivity index (χ4n) is 1.82. The molecule has 0 bridgehead atoms. The summed E-state index contributed by atoms with van der Waals surface area (Å²) in [6.07, 6.45) is 0. The molecule has 0 spiro atoms. The third-order valence-electron chi connectivity index (χ3n) is 3.05. The molecular weight excluding hydrogens is 277 g/mol. The molecule has 2 rings (SSSR count). The van der Waals surface area contributed by atoms with Crippen LogP contribution in [0.15, 0.2) is 53.4 Å². The van der Waals surface area contributed by atoms with E-state index in [9.17, 15) is 12.8 Å². The Balaban J connectivity index is 2.21. The fraction of sp³-hybridized carbons (Fsp3) is 0.200. The molecule has 0 atom stereocenters. The molecule has 106 valence electrons. The Kier molecular flexibility index (Phi) is 4.20. The van der Waals surface area contributed by atoms with Crippen LogP contribution in [0.25, 0.3) is 0 Å². The van der Waals surface area contributed by atoms with E-state index in [0.717, 1.165) is 23.3 Å². The van der Waals surface area contributed by atoms with Gasteiger partial charge in [0.25, 0.3) is 0 Å². The zero-order chi connectivity index (χ0) is 14.8. The summed E-state index contributed by atoms with van der Waals surface area (Å²) >= 11 is 0. The minimum absolute atomic E-state index is 0.0912. The van der Waals surface area contributed by atoms with Gasteiger partial charge in [0.2, 0.25) is 10.0 Å². The summed E-state index contributed by atoms with van der Waals surface area (Å²) in [6, 6.07) is 12.5. The van der Waals surface area contributed by atoms with E-state index < -0.39 is 15.8 Å². The number of sulfonamides is 1. The highest BCUT2D eigenvalue weighted by Gasteiger charge is 2.20. The maximum Gasteiger partial charge on any atom is 0.243 e. The second kappa shape index (κ2) is 5.73. The Morgan fingerprint density at radius 2 is 1.55 bits per heavy atom. The van der Waals surface area contributed by atoms with E-state index in [-0.39, 0.29) is 11.4 Å². The van der Waals surface area contributed by atoms with Crippen molar-refractivity contribution in [2.45, 2.75) is 18.4 Å². The normalized spacial score (nSPS) is 11.8. The van der Waals surface area contributed by atoms with Crippen LogP contribution in [0.5, 0.6) is 0 Å². The van der Waals surface area contributed by atoms with Crippen LogP contribution >= 0.6 is 0 Å². The molecule has 3 nitrogen and oxygen atoms in total. The lowest BCUT2D eigenvalue weighted by atomic mass is 10.1. The van der Waals surface area contributed by atoms with Crippen molar-refractivity contribution >= 4 is 10.0 Å². The molecule has 5 heteroatoms. The zero-order valence-corrected chi connectivity index (χ0v) is 12.2. The summed E-state index contributed by atoms with van der Waals surface area (Å²) in [6.45, 7) is 2.25. The van der Waals surface area contributed by atoms with Crippen LogP contribution in [-0.4, -0.2) is 19.8 Å². The van der Waals surface area contributed by atoms with Crippen molar-refractivity contribution in [1.82, 2.24) is 4.31 Å². The zero-order valence-electron chi connectivity index (χ0n) is 11.4. The lowest BCUT2D eigenvalue weighted by Crippen LogP contribution is -2.26. The van der Waals surface area contributed by atoms with E-state index in [4.69, 9.17) is 0 Å². The van der Waals surface area contributed by atoms with Crippen LogP contribution in [-0.2, 0) is 16.6 Å². The largest absolute Gasteiger partial charge is 0.243 e. The molecule has 0 aliphatic rings. The highest BCUT2D eigenvalue weighted by molar-refractivity contribution is 7.89. The maximum atomic E-state index is 12.9. The predicted octanol–water partition coefficient (Wildman–Crippen LogP) is 2.95. The van der Waals surface area contributed by atoms with Gasteiger partial charge < -0.3 is 0 Å². The molecule has 0 saturated heterocycles. The summed E-state index contributed by atoms with van der Waals surface area (Å²) in [5, 5.41) is 0. The van der Waals surface area contributed by atoms with Crippen molar-refractivity contribution in [3.8, 4) is 0 Å². The number of hydrogen-bond donors (Lipinski definition) is 0. The van der Waals surface area contributed by atoms with Crippen LogP contribution in [0, 0.1) is 12.7 Å². The molecule has 2 aromatic rings. The van der Waals surface area contributed by atoms with Gasteiger partial charge in [0.15, 0.2) is 0 Å². The average Bonchev–Trinajstić information content (AvgIpc) is 2.42. The molecule has 0 aliphatic heterocycles. The first-order valence-corrected chi connectivity index (χ1v) is 7.61. The summed E-state index contributed by atoms with van der Waals surface area (Å²) in [5.41, 5.74) is 2.03. The van der Waals surface area contributed by atoms with Gasteiger partial charge in [-0.3, -0.25) is 0 Å². The number of rotatable bonds is 4. The van der Waals surface area contributed by atoms with Crippen LogP contribution in [0.1, 0.15) is 11.1 Å². The van der Waals surface area contributed by atoms with Crippen LogP contribution in [0.2, 0.25) is 0 Å². The van der Waals surface area contributed by atoms with E-state index in [1.54, 1.807) is 0 Å². The first-order valence-electron chi connectivity index (χ1n) is 6.17. The van der Waals surface area contributed by atoms with Gasteiger partial charge in [0.1, 0.15) is 5.82 Å². The molecule has 0 amide bonds. The number of benzene rings is 2. The Morgan fingerprint density at radius 3 is 2.10 bits per heavy atom. The predicted molar refractivity (Wildman–Crippen MR) is 76.2 cm³/mol. The molecule has 0 saturated carbocycles. The number of halogens is 1. The van der Waals surface area contributed by atoms with Gasteiger partial charge in [0, 0.05) is 13.6 Å². The van der Waals surface area contributed by atoms with Gasteiger partial charge in [0.05, 0.1) is 4.90 Å². The van der Waals surface area contributed by atoms with Gasteiger partial charge in [-0.15, -0.1) is 0 Å². The second-order valence-electron chi connectivity index (χ2n) is 4.70. The van der Waals surface area contributed by atoms with Gasteiger partial charge >= 0.3 is 0 Å². The van der Waals surface area contributed by atoms with Gasteiger partial charge in [-0.2, -0.15) is 4.31 Å². The van der Waals surface area contributed by atoms with Crippen molar-refractivity contribution in [1.29, 1.82) is 0 Å². The first-order chi connectivity index (χ1) is 9.39. The third-order valence-corrected chi connectivity index (χ3v) is 4.87. The van der Waals surface area contributed by atoms with E-state index in [2.05, 4.69) is 0 Å². The van der Waals surface area contributed by atoms with Crippen LogP contribution in [0.4, 0.5) is 4.39 Å². The Labute approximate surface area is 118 Å². The smallest absolute Gasteiger partial charge is 0.207 e. The monoisotopic (exact) mass is 293 g/mol. The molecule has 0 aliphatic carbocycles. The molecule has 0 heterocycles. The molecule has 0 N–H and O–H groups in total. The van der Waals surface area contributed by atoms with Crippen molar-refractivity contribution in [3.63, 3.8) is 0 Å². The number of hydrogen-bond acceptors (Lipinski definition) is 2. The summed E-state index contributed by atoms with van der Waals surface area (Å²) in [5.74, 6) is -0.454. The molecule has 0 unspecified atom stereocenters. The van der Waals surface area contributed by atoms with E-state index in [1.165, 1.54) is 23.5 Å². The standard InChI is InChI=1S/C15H16FNO2S/c1-12-3-5-13(6-4-12)11-17(2)20(18,19)15-9-7-14(16)8-10-15/h3-10H,11H2,1-2H3. The molecule has 0 aromatic heterocycles. The second-order valence-corrected chi connectivity index (χ2v) is 6.75. The summed E-state index contributed by atoms with van der Waals surface area (Å²) in [4.78, 5) is 0.0912. The van der Waals surface area contributed by atoms with E-state index in [0.29, 0.717) is 0 Å². The molecular formula is C15H16FNO2S. The summed E-state index contributed by atoms with van der Waals surface area (Å²) in [7, 11) is -2.08. The van der Waals surface area contributed by atoms with Gasteiger partial charge in [-0.25, -0.2) is 12.8 Å². The lowest BCUT2D eigenvalue weighted by molar-refractivity contribution is 0.466. The number of nitrogens with zero attached hydrogens (tertiary/aromatic N) is 1. The average molecular weight is 293 g/mol. The van der Waals surface area contributed by atoms with Crippen LogP contribution < -0.4 is 0 Å². The van der Waals surface area contributed by atoms with Crippen LogP contribution in [0.3, 0.4) is 0 Å². The Hall–Kier alpha value is -1.72. The topological polar surface area (TPSA) is 37.4 Å². The maximum absolute atomic E-state index is 12.9. The Morgan fingerprint density at radius 1 is 1.00 bits per heavy atom. The molecule has 0 radical (unpaired) electrons. The number of aryl methyl sites for hydroxylation is 1. The van der Waals surface area contributed by atoms with Crippen molar-refractivity contribution < 1.29 is 12.8 Å². The molecule has 2 aromatic carbocycles. The van der Waals surface area contributed by atoms with Crippen molar-refractivity contribution in [2.75, 3.05) is 7.05 Å². The third kappa shape index (κ3) is 3.23. The fourth-order valence-corrected chi connectivity index (χ4v) is 2.98. The van der Waals surface area contributed by atoms with E-state index in [1.807, 2.05) is 31.2 Å². The SMILES string of the molecule is Cc1ccc(CN(C)S(=O)(=O)c2ccc(F)cc2)cc1. The summed E-state index contributed by atoms with van der Waals surface area (Å²) < 4.78 is 38.7. The minimum Gasteiger partial charge on any atom is -0.207 e. The lowest BCUT2D eigenvalue weighted by Gasteiger charge is -2.17. The van der Waals surface area contributed by atoms with Gasteiger partial charge in [-0.1, -0.05) is 29.8 Å². The molecule has 0 fully saturated rings.